The van der Waals surface area contributed by atoms with Crippen LogP contribution in [0.5, 0.6) is 0 Å². The highest BCUT2D eigenvalue weighted by Gasteiger charge is 2.26. The quantitative estimate of drug-likeness (QED) is 0.718. The second-order valence-corrected chi connectivity index (χ2v) is 4.46. The van der Waals surface area contributed by atoms with E-state index < -0.39 is 0 Å². The van der Waals surface area contributed by atoms with E-state index in [0.29, 0.717) is 6.04 Å². The third-order valence-electron chi connectivity index (χ3n) is 3.60. The Kier molecular flexibility index (Phi) is 4.20. The monoisotopic (exact) mass is 184 g/mol. The Labute approximate surface area is 82.7 Å². The maximum absolute atomic E-state index is 3.48. The summed E-state index contributed by atoms with van der Waals surface area (Å²) in [6.07, 6.45) is 2.57. The molecule has 3 atom stereocenters. The Bertz CT molecular complexity index is 147. The molecule has 13 heavy (non-hydrogen) atoms. The summed E-state index contributed by atoms with van der Waals surface area (Å²) in [7, 11) is 2.27. The van der Waals surface area contributed by atoms with E-state index in [-0.39, 0.29) is 0 Å². The summed E-state index contributed by atoms with van der Waals surface area (Å²) >= 11 is 0. The van der Waals surface area contributed by atoms with Crippen LogP contribution in [-0.4, -0.2) is 37.1 Å². The van der Waals surface area contributed by atoms with Crippen LogP contribution < -0.4 is 5.32 Å². The van der Waals surface area contributed by atoms with Gasteiger partial charge in [-0.25, -0.2) is 0 Å². The highest BCUT2D eigenvalue weighted by atomic mass is 15.2. The van der Waals surface area contributed by atoms with Gasteiger partial charge in [-0.1, -0.05) is 13.8 Å². The van der Waals surface area contributed by atoms with Crippen LogP contribution in [0.1, 0.15) is 33.6 Å². The molecule has 0 aromatic rings. The van der Waals surface area contributed by atoms with Gasteiger partial charge in [-0.2, -0.15) is 0 Å². The molecule has 1 aliphatic rings. The maximum Gasteiger partial charge on any atom is 0.0246 e. The molecular formula is C11H24N2. The highest BCUT2D eigenvalue weighted by molar-refractivity contribution is 4.83. The summed E-state index contributed by atoms with van der Waals surface area (Å²) in [5.74, 6) is 0.847. The van der Waals surface area contributed by atoms with Gasteiger partial charge in [-0.15, -0.1) is 0 Å². The third kappa shape index (κ3) is 2.68. The number of likely N-dealkylation sites (N-methyl/N-ethyl adjacent to an activating group) is 1. The molecule has 0 aliphatic carbocycles. The van der Waals surface area contributed by atoms with Crippen molar-refractivity contribution < 1.29 is 0 Å². The molecule has 2 nitrogen and oxygen atoms in total. The number of hydrogen-bond acceptors (Lipinski definition) is 2. The van der Waals surface area contributed by atoms with Gasteiger partial charge in [-0.05, 0) is 39.3 Å². The minimum absolute atomic E-state index is 0.715. The fourth-order valence-corrected chi connectivity index (χ4v) is 2.13. The van der Waals surface area contributed by atoms with E-state index in [1.54, 1.807) is 0 Å². The normalized spacial score (nSPS) is 32.1. The minimum Gasteiger partial charge on any atom is -0.315 e. The van der Waals surface area contributed by atoms with Gasteiger partial charge in [0.1, 0.15) is 0 Å². The molecule has 1 rings (SSSR count). The Balaban J connectivity index is 2.47. The second-order valence-electron chi connectivity index (χ2n) is 4.46. The summed E-state index contributed by atoms with van der Waals surface area (Å²) in [6.45, 7) is 9.34. The average Bonchev–Trinajstić information content (AvgIpc) is 2.16. The van der Waals surface area contributed by atoms with Crippen molar-refractivity contribution in [2.24, 2.45) is 5.92 Å². The molecule has 0 saturated carbocycles. The first-order chi connectivity index (χ1) is 6.16. The lowest BCUT2D eigenvalue weighted by Crippen LogP contribution is -2.51. The maximum atomic E-state index is 3.48. The van der Waals surface area contributed by atoms with E-state index in [1.165, 1.54) is 25.9 Å². The molecule has 2 heteroatoms. The minimum atomic E-state index is 0.715. The molecule has 78 valence electrons. The van der Waals surface area contributed by atoms with E-state index in [4.69, 9.17) is 0 Å². The van der Waals surface area contributed by atoms with Crippen LogP contribution in [0.15, 0.2) is 0 Å². The lowest BCUT2D eigenvalue weighted by molar-refractivity contribution is 0.112. The van der Waals surface area contributed by atoms with Crippen molar-refractivity contribution in [3.63, 3.8) is 0 Å². The number of hydrogen-bond donors (Lipinski definition) is 1. The Morgan fingerprint density at radius 3 is 2.77 bits per heavy atom. The van der Waals surface area contributed by atoms with Crippen LogP contribution in [0.25, 0.3) is 0 Å². The summed E-state index contributed by atoms with van der Waals surface area (Å²) in [5, 5.41) is 3.48. The smallest absolute Gasteiger partial charge is 0.0246 e. The molecule has 0 spiro atoms. The highest BCUT2D eigenvalue weighted by Crippen LogP contribution is 2.18. The van der Waals surface area contributed by atoms with Crippen LogP contribution in [0.2, 0.25) is 0 Å². The topological polar surface area (TPSA) is 15.3 Å². The van der Waals surface area contributed by atoms with Crippen LogP contribution in [0.4, 0.5) is 0 Å². The van der Waals surface area contributed by atoms with Gasteiger partial charge in [0.2, 0.25) is 0 Å². The number of piperidine rings is 1. The molecule has 1 N–H and O–H groups in total. The molecule has 0 aromatic carbocycles. The van der Waals surface area contributed by atoms with Gasteiger partial charge in [0.15, 0.2) is 0 Å². The summed E-state index contributed by atoms with van der Waals surface area (Å²) in [5.41, 5.74) is 0. The van der Waals surface area contributed by atoms with E-state index in [0.717, 1.165) is 12.0 Å². The van der Waals surface area contributed by atoms with Crippen molar-refractivity contribution in [2.75, 3.05) is 20.1 Å². The van der Waals surface area contributed by atoms with Crippen LogP contribution in [0, 0.1) is 5.92 Å². The van der Waals surface area contributed by atoms with Gasteiger partial charge in [0, 0.05) is 18.6 Å². The van der Waals surface area contributed by atoms with Gasteiger partial charge in [0.05, 0.1) is 0 Å². The molecule has 1 aliphatic heterocycles. The van der Waals surface area contributed by atoms with Crippen molar-refractivity contribution in [1.29, 1.82) is 0 Å². The molecule has 0 amide bonds. The van der Waals surface area contributed by atoms with Gasteiger partial charge < -0.3 is 5.32 Å². The van der Waals surface area contributed by atoms with Crippen molar-refractivity contribution in [2.45, 2.75) is 45.7 Å². The van der Waals surface area contributed by atoms with Crippen molar-refractivity contribution in [3.8, 4) is 0 Å². The number of rotatable bonds is 3. The molecule has 0 aromatic heterocycles. The largest absolute Gasteiger partial charge is 0.315 e. The van der Waals surface area contributed by atoms with E-state index in [9.17, 15) is 0 Å². The zero-order chi connectivity index (χ0) is 9.84. The van der Waals surface area contributed by atoms with Gasteiger partial charge in [0.25, 0.3) is 0 Å². The van der Waals surface area contributed by atoms with Gasteiger partial charge in [-0.3, -0.25) is 4.90 Å². The number of nitrogens with zero attached hydrogens (tertiary/aromatic N) is 1. The second kappa shape index (κ2) is 4.97. The molecule has 1 heterocycles. The fraction of sp³-hybridized carbons (Fsp3) is 1.00. The Morgan fingerprint density at radius 2 is 2.23 bits per heavy atom. The van der Waals surface area contributed by atoms with Crippen LogP contribution >= 0.6 is 0 Å². The molecule has 0 radical (unpaired) electrons. The molecule has 3 unspecified atom stereocenters. The zero-order valence-electron chi connectivity index (χ0n) is 9.51. The SMILES string of the molecule is CCC(C)N(C)C1CNCCC1C. The summed E-state index contributed by atoms with van der Waals surface area (Å²) < 4.78 is 0. The average molecular weight is 184 g/mol. The lowest BCUT2D eigenvalue weighted by Gasteiger charge is -2.39. The van der Waals surface area contributed by atoms with Crippen LogP contribution in [0.3, 0.4) is 0 Å². The van der Waals surface area contributed by atoms with Crippen molar-refractivity contribution in [3.05, 3.63) is 0 Å². The Morgan fingerprint density at radius 1 is 1.54 bits per heavy atom. The van der Waals surface area contributed by atoms with Crippen molar-refractivity contribution in [1.82, 2.24) is 10.2 Å². The first-order valence-corrected chi connectivity index (χ1v) is 5.59. The predicted molar refractivity (Wildman–Crippen MR) is 58.0 cm³/mol. The van der Waals surface area contributed by atoms with E-state index in [1.807, 2.05) is 0 Å². The predicted octanol–water partition coefficient (Wildman–Crippen LogP) is 1.71. The first-order valence-electron chi connectivity index (χ1n) is 5.59. The Hall–Kier alpha value is -0.0800. The molecular weight excluding hydrogens is 160 g/mol. The van der Waals surface area contributed by atoms with Gasteiger partial charge >= 0.3 is 0 Å². The van der Waals surface area contributed by atoms with Crippen molar-refractivity contribution >= 4 is 0 Å². The third-order valence-corrected chi connectivity index (χ3v) is 3.60. The standard InChI is InChI=1S/C11H24N2/c1-5-10(3)13(4)11-8-12-7-6-9(11)2/h9-12H,5-8H2,1-4H3. The molecule has 1 saturated heterocycles. The fourth-order valence-electron chi connectivity index (χ4n) is 2.13. The molecule has 0 bridgehead atoms. The lowest BCUT2D eigenvalue weighted by atomic mass is 9.92. The van der Waals surface area contributed by atoms with E-state index >= 15 is 0 Å². The van der Waals surface area contributed by atoms with Crippen LogP contribution in [-0.2, 0) is 0 Å². The number of nitrogens with one attached hydrogen (secondary N) is 1. The molecule has 1 fully saturated rings. The van der Waals surface area contributed by atoms with E-state index in [2.05, 4.69) is 38.0 Å². The summed E-state index contributed by atoms with van der Waals surface area (Å²) in [4.78, 5) is 2.54. The zero-order valence-corrected chi connectivity index (χ0v) is 9.51. The summed E-state index contributed by atoms with van der Waals surface area (Å²) in [6, 6.07) is 1.45. The first kappa shape index (κ1) is 11.0.